The summed E-state index contributed by atoms with van der Waals surface area (Å²) in [5, 5.41) is 0. The number of hydrogen-bond acceptors (Lipinski definition) is 3. The number of methoxy groups -OCH3 is 1. The van der Waals surface area contributed by atoms with Crippen LogP contribution in [0.5, 0.6) is 0 Å². The highest BCUT2D eigenvalue weighted by Crippen LogP contribution is 2.09. The Morgan fingerprint density at radius 2 is 1.85 bits per heavy atom. The van der Waals surface area contributed by atoms with Gasteiger partial charge in [0.15, 0.2) is 0 Å². The van der Waals surface area contributed by atoms with E-state index < -0.39 is 0 Å². The van der Waals surface area contributed by atoms with Crippen molar-refractivity contribution in [3.63, 3.8) is 0 Å². The number of ether oxygens (including phenoxy) is 1. The number of hydrogen-bond donors (Lipinski definition) is 0. The first-order chi connectivity index (χ1) is 9.63. The van der Waals surface area contributed by atoms with E-state index in [0.717, 1.165) is 12.0 Å². The Kier molecular flexibility index (Phi) is 7.66. The van der Waals surface area contributed by atoms with E-state index in [1.165, 1.54) is 32.9 Å². The van der Waals surface area contributed by atoms with E-state index in [9.17, 15) is 4.79 Å². The fourth-order valence-corrected chi connectivity index (χ4v) is 1.93. The molecule has 0 N–H and O–H groups in total. The maximum Gasteiger partial charge on any atom is 0.337 e. The van der Waals surface area contributed by atoms with Crippen LogP contribution < -0.4 is 0 Å². The lowest BCUT2D eigenvalue weighted by molar-refractivity contribution is 0.0601. The van der Waals surface area contributed by atoms with Crippen LogP contribution in [0.1, 0.15) is 41.6 Å². The Hall–Kier alpha value is -1.61. The van der Waals surface area contributed by atoms with Crippen molar-refractivity contribution in [2.45, 2.75) is 25.7 Å². The highest BCUT2D eigenvalue weighted by atomic mass is 16.5. The van der Waals surface area contributed by atoms with Crippen molar-refractivity contribution in [2.75, 3.05) is 27.7 Å². The summed E-state index contributed by atoms with van der Waals surface area (Å²) < 4.78 is 4.67. The van der Waals surface area contributed by atoms with Crippen molar-refractivity contribution in [1.82, 2.24) is 4.90 Å². The summed E-state index contributed by atoms with van der Waals surface area (Å²) in [7, 11) is 5.61. The van der Waals surface area contributed by atoms with Gasteiger partial charge in [-0.05, 0) is 57.6 Å². The predicted molar refractivity (Wildman–Crippen MR) is 83.8 cm³/mol. The molecule has 110 valence electrons. The largest absolute Gasteiger partial charge is 0.465 e. The van der Waals surface area contributed by atoms with Gasteiger partial charge < -0.3 is 9.64 Å². The number of benzene rings is 1. The zero-order valence-corrected chi connectivity index (χ0v) is 12.8. The van der Waals surface area contributed by atoms with Crippen LogP contribution in [0.2, 0.25) is 0 Å². The van der Waals surface area contributed by atoms with Gasteiger partial charge in [0.2, 0.25) is 0 Å². The molecule has 0 aliphatic rings. The summed E-state index contributed by atoms with van der Waals surface area (Å²) in [4.78, 5) is 13.5. The third-order valence-corrected chi connectivity index (χ3v) is 3.12. The van der Waals surface area contributed by atoms with Gasteiger partial charge in [0.1, 0.15) is 0 Å². The quantitative estimate of drug-likeness (QED) is 0.536. The number of rotatable bonds is 8. The summed E-state index contributed by atoms with van der Waals surface area (Å²) in [5.41, 5.74) is 1.71. The summed E-state index contributed by atoms with van der Waals surface area (Å²) in [6, 6.07) is 7.47. The van der Waals surface area contributed by atoms with Crippen molar-refractivity contribution < 1.29 is 9.53 Å². The van der Waals surface area contributed by atoms with Gasteiger partial charge >= 0.3 is 5.97 Å². The first-order valence-corrected chi connectivity index (χ1v) is 7.13. The Morgan fingerprint density at radius 1 is 1.15 bits per heavy atom. The van der Waals surface area contributed by atoms with E-state index in [-0.39, 0.29) is 5.97 Å². The molecule has 1 aromatic rings. The molecule has 0 heterocycles. The Morgan fingerprint density at radius 3 is 2.45 bits per heavy atom. The fourth-order valence-electron chi connectivity index (χ4n) is 1.93. The van der Waals surface area contributed by atoms with Crippen molar-refractivity contribution in [1.29, 1.82) is 0 Å². The van der Waals surface area contributed by atoms with E-state index in [1.807, 2.05) is 12.1 Å². The van der Waals surface area contributed by atoms with Crippen molar-refractivity contribution in [2.24, 2.45) is 0 Å². The van der Waals surface area contributed by atoms with Crippen LogP contribution in [0.3, 0.4) is 0 Å². The van der Waals surface area contributed by atoms with Crippen molar-refractivity contribution >= 4 is 12.0 Å². The van der Waals surface area contributed by atoms with Gasteiger partial charge in [0, 0.05) is 0 Å². The highest BCUT2D eigenvalue weighted by molar-refractivity contribution is 5.89. The third kappa shape index (κ3) is 6.53. The van der Waals surface area contributed by atoms with Gasteiger partial charge in [-0.1, -0.05) is 30.7 Å². The molecule has 3 nitrogen and oxygen atoms in total. The maximum absolute atomic E-state index is 11.3. The first-order valence-electron chi connectivity index (χ1n) is 7.13. The molecule has 1 rings (SSSR count). The molecule has 0 aliphatic carbocycles. The van der Waals surface area contributed by atoms with Crippen LogP contribution in [0.4, 0.5) is 0 Å². The summed E-state index contributed by atoms with van der Waals surface area (Å²) in [5.74, 6) is -0.290. The van der Waals surface area contributed by atoms with E-state index in [1.54, 1.807) is 12.1 Å². The minimum atomic E-state index is -0.290. The van der Waals surface area contributed by atoms with Gasteiger partial charge in [-0.15, -0.1) is 0 Å². The lowest BCUT2D eigenvalue weighted by atomic mass is 10.1. The molecule has 0 aromatic heterocycles. The van der Waals surface area contributed by atoms with Gasteiger partial charge in [0.25, 0.3) is 0 Å². The molecule has 1 aromatic carbocycles. The Labute approximate surface area is 122 Å². The molecular weight excluding hydrogens is 250 g/mol. The number of carbonyl (C=O) groups excluding carboxylic acids is 1. The maximum atomic E-state index is 11.3. The number of carbonyl (C=O) groups is 1. The second-order valence-electron chi connectivity index (χ2n) is 5.17. The molecule has 0 unspecified atom stereocenters. The number of nitrogens with zero attached hydrogens (tertiary/aromatic N) is 1. The topological polar surface area (TPSA) is 29.5 Å². The molecular formula is C17H25NO2. The summed E-state index contributed by atoms with van der Waals surface area (Å²) in [6.45, 7) is 1.17. The van der Waals surface area contributed by atoms with E-state index >= 15 is 0 Å². The molecule has 0 amide bonds. The van der Waals surface area contributed by atoms with E-state index in [0.29, 0.717) is 5.56 Å². The smallest absolute Gasteiger partial charge is 0.337 e. The van der Waals surface area contributed by atoms with Gasteiger partial charge in [0.05, 0.1) is 12.7 Å². The summed E-state index contributed by atoms with van der Waals surface area (Å²) in [6.07, 6.45) is 9.16. The molecule has 0 bridgehead atoms. The first kappa shape index (κ1) is 16.4. The number of unbranched alkanes of at least 4 members (excludes halogenated alkanes) is 3. The third-order valence-electron chi connectivity index (χ3n) is 3.12. The standard InChI is InChI=1S/C17H25NO2/c1-18(2)14-8-6-4-5-7-9-15-10-12-16(13-11-15)17(19)20-3/h7,9-13H,4-6,8,14H2,1-3H3/b9-7-. The van der Waals surface area contributed by atoms with Gasteiger partial charge in [-0.3, -0.25) is 0 Å². The van der Waals surface area contributed by atoms with E-state index in [4.69, 9.17) is 0 Å². The highest BCUT2D eigenvalue weighted by Gasteiger charge is 2.02. The lowest BCUT2D eigenvalue weighted by Gasteiger charge is -2.07. The minimum absolute atomic E-state index is 0.290. The molecule has 0 aliphatic heterocycles. The van der Waals surface area contributed by atoms with Crippen LogP contribution in [0.25, 0.3) is 6.08 Å². The average Bonchev–Trinajstić information content (AvgIpc) is 2.45. The van der Waals surface area contributed by atoms with E-state index in [2.05, 4.69) is 35.9 Å². The van der Waals surface area contributed by atoms with Crippen LogP contribution >= 0.6 is 0 Å². The molecule has 0 spiro atoms. The summed E-state index contributed by atoms with van der Waals surface area (Å²) >= 11 is 0. The molecule has 0 atom stereocenters. The van der Waals surface area contributed by atoms with Crippen molar-refractivity contribution in [3.8, 4) is 0 Å². The lowest BCUT2D eigenvalue weighted by Crippen LogP contribution is -2.12. The second-order valence-corrected chi connectivity index (χ2v) is 5.17. The van der Waals surface area contributed by atoms with Crippen LogP contribution in [0.15, 0.2) is 30.3 Å². The zero-order valence-electron chi connectivity index (χ0n) is 12.8. The monoisotopic (exact) mass is 275 g/mol. The SMILES string of the molecule is COC(=O)c1ccc(/C=C\CCCCCN(C)C)cc1. The Balaban J connectivity index is 2.27. The average molecular weight is 275 g/mol. The van der Waals surface area contributed by atoms with Gasteiger partial charge in [-0.25, -0.2) is 4.79 Å². The molecule has 0 saturated heterocycles. The second kappa shape index (κ2) is 9.32. The predicted octanol–water partition coefficient (Wildman–Crippen LogP) is 3.61. The Bertz CT molecular complexity index is 421. The minimum Gasteiger partial charge on any atom is -0.465 e. The molecule has 20 heavy (non-hydrogen) atoms. The normalized spacial score (nSPS) is 11.2. The number of esters is 1. The molecule has 3 heteroatoms. The fraction of sp³-hybridized carbons (Fsp3) is 0.471. The van der Waals surface area contributed by atoms with Crippen LogP contribution in [-0.4, -0.2) is 38.6 Å². The van der Waals surface area contributed by atoms with Crippen LogP contribution in [-0.2, 0) is 4.74 Å². The molecule has 0 fully saturated rings. The molecule has 0 saturated carbocycles. The van der Waals surface area contributed by atoms with Gasteiger partial charge in [-0.2, -0.15) is 0 Å². The molecule has 0 radical (unpaired) electrons. The number of allylic oxidation sites excluding steroid dienone is 1. The van der Waals surface area contributed by atoms with Crippen molar-refractivity contribution in [3.05, 3.63) is 41.5 Å². The zero-order chi connectivity index (χ0) is 14.8. The van der Waals surface area contributed by atoms with Crippen LogP contribution in [0, 0.1) is 0 Å².